The van der Waals surface area contributed by atoms with E-state index in [0.29, 0.717) is 0 Å². The molecule has 3 N–H and O–H groups in total. The SMILES string of the molecule is CC#Cc1ccc(NC(=O)c2cccnc2N)cc1C(F)(F)F. The third-order valence-electron chi connectivity index (χ3n) is 2.93. The van der Waals surface area contributed by atoms with Crippen LogP contribution in [0.25, 0.3) is 0 Å². The molecule has 2 aromatic rings. The number of nitrogen functional groups attached to an aromatic ring is 1. The molecule has 0 aliphatic carbocycles. The van der Waals surface area contributed by atoms with E-state index < -0.39 is 17.6 Å². The molecule has 0 spiro atoms. The molecule has 1 amide bonds. The summed E-state index contributed by atoms with van der Waals surface area (Å²) in [6, 6.07) is 6.33. The lowest BCUT2D eigenvalue weighted by Crippen LogP contribution is -2.16. The fourth-order valence-electron chi connectivity index (χ4n) is 1.91. The number of pyridine rings is 1. The lowest BCUT2D eigenvalue weighted by atomic mass is 10.1. The van der Waals surface area contributed by atoms with E-state index in [1.807, 2.05) is 0 Å². The fraction of sp³-hybridized carbons (Fsp3) is 0.125. The molecule has 7 heteroatoms. The average molecular weight is 319 g/mol. The molecule has 0 bridgehead atoms. The van der Waals surface area contributed by atoms with E-state index in [0.717, 1.165) is 6.07 Å². The molecule has 0 aliphatic heterocycles. The fourth-order valence-corrected chi connectivity index (χ4v) is 1.91. The van der Waals surface area contributed by atoms with Gasteiger partial charge in [-0.1, -0.05) is 5.92 Å². The second-order valence-corrected chi connectivity index (χ2v) is 4.52. The molecule has 0 radical (unpaired) electrons. The molecule has 1 heterocycles. The van der Waals surface area contributed by atoms with Crippen molar-refractivity contribution in [2.24, 2.45) is 0 Å². The van der Waals surface area contributed by atoms with Gasteiger partial charge in [0.15, 0.2) is 0 Å². The first-order valence-electron chi connectivity index (χ1n) is 6.48. The van der Waals surface area contributed by atoms with Gasteiger partial charge in [0.25, 0.3) is 5.91 Å². The van der Waals surface area contributed by atoms with Crippen molar-refractivity contribution in [1.29, 1.82) is 0 Å². The Kier molecular flexibility index (Phi) is 4.55. The summed E-state index contributed by atoms with van der Waals surface area (Å²) in [5, 5.41) is 2.37. The lowest BCUT2D eigenvalue weighted by Gasteiger charge is -2.12. The summed E-state index contributed by atoms with van der Waals surface area (Å²) in [4.78, 5) is 15.8. The first-order valence-corrected chi connectivity index (χ1v) is 6.48. The van der Waals surface area contributed by atoms with Crippen LogP contribution in [0.4, 0.5) is 24.7 Å². The molecule has 0 aliphatic rings. The van der Waals surface area contributed by atoms with Gasteiger partial charge in [0.05, 0.1) is 11.1 Å². The van der Waals surface area contributed by atoms with Gasteiger partial charge in [0.2, 0.25) is 0 Å². The number of alkyl halides is 3. The Morgan fingerprint density at radius 1 is 1.30 bits per heavy atom. The van der Waals surface area contributed by atoms with Crippen LogP contribution >= 0.6 is 0 Å². The van der Waals surface area contributed by atoms with Gasteiger partial charge in [-0.05, 0) is 37.3 Å². The van der Waals surface area contributed by atoms with Crippen molar-refractivity contribution in [1.82, 2.24) is 4.98 Å². The molecule has 0 fully saturated rings. The summed E-state index contributed by atoms with van der Waals surface area (Å²) in [5.74, 6) is 4.17. The number of amides is 1. The van der Waals surface area contributed by atoms with Crippen LogP contribution < -0.4 is 11.1 Å². The van der Waals surface area contributed by atoms with E-state index >= 15 is 0 Å². The minimum Gasteiger partial charge on any atom is -0.383 e. The number of anilines is 2. The van der Waals surface area contributed by atoms with E-state index in [4.69, 9.17) is 5.73 Å². The zero-order chi connectivity index (χ0) is 17.0. The summed E-state index contributed by atoms with van der Waals surface area (Å²) in [6.45, 7) is 1.45. The highest BCUT2D eigenvalue weighted by atomic mass is 19.4. The van der Waals surface area contributed by atoms with Crippen LogP contribution in [0.15, 0.2) is 36.5 Å². The van der Waals surface area contributed by atoms with Crippen molar-refractivity contribution in [3.63, 3.8) is 0 Å². The van der Waals surface area contributed by atoms with Crippen molar-refractivity contribution in [2.75, 3.05) is 11.1 Å². The van der Waals surface area contributed by atoms with Crippen molar-refractivity contribution < 1.29 is 18.0 Å². The Hall–Kier alpha value is -3.01. The summed E-state index contributed by atoms with van der Waals surface area (Å²) in [7, 11) is 0. The first kappa shape index (κ1) is 16.4. The second-order valence-electron chi connectivity index (χ2n) is 4.52. The van der Waals surface area contributed by atoms with Gasteiger partial charge < -0.3 is 11.1 Å². The summed E-state index contributed by atoms with van der Waals surface area (Å²) in [5.41, 5.74) is 4.58. The minimum absolute atomic E-state index is 0.00508. The number of aromatic nitrogens is 1. The van der Waals surface area contributed by atoms with Crippen LogP contribution in [0.3, 0.4) is 0 Å². The molecule has 0 saturated heterocycles. The Balaban J connectivity index is 2.36. The molecule has 23 heavy (non-hydrogen) atoms. The third-order valence-corrected chi connectivity index (χ3v) is 2.93. The van der Waals surface area contributed by atoms with Gasteiger partial charge in [-0.25, -0.2) is 4.98 Å². The predicted octanol–water partition coefficient (Wildman–Crippen LogP) is 3.31. The van der Waals surface area contributed by atoms with Crippen molar-refractivity contribution in [2.45, 2.75) is 13.1 Å². The minimum atomic E-state index is -4.58. The van der Waals surface area contributed by atoms with Crippen molar-refractivity contribution in [3.8, 4) is 11.8 Å². The summed E-state index contributed by atoms with van der Waals surface area (Å²) in [6.07, 6.45) is -3.17. The predicted molar refractivity (Wildman–Crippen MR) is 80.6 cm³/mol. The number of halogens is 3. The van der Waals surface area contributed by atoms with Crippen molar-refractivity contribution >= 4 is 17.4 Å². The molecule has 1 aromatic heterocycles. The number of nitrogens with two attached hydrogens (primary N) is 1. The Labute approximate surface area is 130 Å². The van der Waals surface area contributed by atoms with Gasteiger partial charge in [-0.15, -0.1) is 5.92 Å². The highest BCUT2D eigenvalue weighted by Crippen LogP contribution is 2.33. The van der Waals surface area contributed by atoms with E-state index in [1.165, 1.54) is 37.4 Å². The second kappa shape index (κ2) is 6.40. The van der Waals surface area contributed by atoms with E-state index in [-0.39, 0.29) is 22.6 Å². The van der Waals surface area contributed by atoms with Crippen LogP contribution in [-0.2, 0) is 6.18 Å². The van der Waals surface area contributed by atoms with Crippen molar-refractivity contribution in [3.05, 3.63) is 53.2 Å². The molecular weight excluding hydrogens is 307 g/mol. The van der Waals surface area contributed by atoms with E-state index in [9.17, 15) is 18.0 Å². The zero-order valence-electron chi connectivity index (χ0n) is 12.0. The Morgan fingerprint density at radius 3 is 2.65 bits per heavy atom. The number of nitrogens with one attached hydrogen (secondary N) is 1. The first-order chi connectivity index (χ1) is 10.8. The van der Waals surface area contributed by atoms with Crippen LogP contribution in [0, 0.1) is 11.8 Å². The molecule has 4 nitrogen and oxygen atoms in total. The molecule has 1 aromatic carbocycles. The highest BCUT2D eigenvalue weighted by Gasteiger charge is 2.33. The maximum Gasteiger partial charge on any atom is 0.417 e. The summed E-state index contributed by atoms with van der Waals surface area (Å²) >= 11 is 0. The molecule has 0 unspecified atom stereocenters. The smallest absolute Gasteiger partial charge is 0.383 e. The van der Waals surface area contributed by atoms with E-state index in [1.54, 1.807) is 0 Å². The van der Waals surface area contributed by atoms with E-state index in [2.05, 4.69) is 22.1 Å². The summed E-state index contributed by atoms with van der Waals surface area (Å²) < 4.78 is 39.2. The largest absolute Gasteiger partial charge is 0.417 e. The van der Waals surface area contributed by atoms with Gasteiger partial charge in [0.1, 0.15) is 5.82 Å². The number of nitrogens with zero attached hydrogens (tertiary/aromatic N) is 1. The number of rotatable bonds is 2. The number of carbonyl (C=O) groups is 1. The molecule has 2 rings (SSSR count). The molecule has 0 atom stereocenters. The maximum absolute atomic E-state index is 13.1. The number of benzene rings is 1. The van der Waals surface area contributed by atoms with Crippen LogP contribution in [-0.4, -0.2) is 10.9 Å². The quantitative estimate of drug-likeness (QED) is 0.835. The zero-order valence-corrected chi connectivity index (χ0v) is 12.0. The van der Waals surface area contributed by atoms with Gasteiger partial charge in [0, 0.05) is 17.4 Å². The van der Waals surface area contributed by atoms with Gasteiger partial charge >= 0.3 is 6.18 Å². The average Bonchev–Trinajstić information content (AvgIpc) is 2.48. The molecule has 118 valence electrons. The van der Waals surface area contributed by atoms with Crippen LogP contribution in [0.5, 0.6) is 0 Å². The standard InChI is InChI=1S/C16H12F3N3O/c1-2-4-10-6-7-11(9-13(10)16(17,18)19)22-15(23)12-5-3-8-21-14(12)20/h3,5-9H,1H3,(H2,20,21)(H,22,23). The normalized spacial score (nSPS) is 10.6. The van der Waals surface area contributed by atoms with Crippen LogP contribution in [0.1, 0.15) is 28.4 Å². The monoisotopic (exact) mass is 319 g/mol. The highest BCUT2D eigenvalue weighted by molar-refractivity contribution is 6.07. The Morgan fingerprint density at radius 2 is 2.04 bits per heavy atom. The third kappa shape index (κ3) is 3.80. The number of hydrogen-bond donors (Lipinski definition) is 2. The topological polar surface area (TPSA) is 68.0 Å². The van der Waals surface area contributed by atoms with Crippen LogP contribution in [0.2, 0.25) is 0 Å². The Bertz CT molecular complexity index is 804. The molecule has 0 saturated carbocycles. The molecular formula is C16H12F3N3O. The lowest BCUT2D eigenvalue weighted by molar-refractivity contribution is -0.137. The van der Waals surface area contributed by atoms with Gasteiger partial charge in [-0.2, -0.15) is 13.2 Å². The van der Waals surface area contributed by atoms with Gasteiger partial charge in [-0.3, -0.25) is 4.79 Å². The number of carbonyl (C=O) groups excluding carboxylic acids is 1. The number of hydrogen-bond acceptors (Lipinski definition) is 3. The maximum atomic E-state index is 13.1.